The number of aromatic amines is 1. The van der Waals surface area contributed by atoms with Crippen molar-refractivity contribution in [2.24, 2.45) is 0 Å². The van der Waals surface area contributed by atoms with Crippen LogP contribution in [0.15, 0.2) is 23.1 Å². The van der Waals surface area contributed by atoms with Crippen molar-refractivity contribution in [3.8, 4) is 0 Å². The quantitative estimate of drug-likeness (QED) is 0.769. The molecule has 98 valence electrons. The van der Waals surface area contributed by atoms with E-state index in [-0.39, 0.29) is 30.2 Å². The number of amides is 1. The van der Waals surface area contributed by atoms with Gasteiger partial charge in [0.05, 0.1) is 6.61 Å². The molecule has 0 unspecified atom stereocenters. The van der Waals surface area contributed by atoms with Crippen LogP contribution in [-0.2, 0) is 9.53 Å². The van der Waals surface area contributed by atoms with Gasteiger partial charge in [0, 0.05) is 24.4 Å². The first-order valence-corrected chi connectivity index (χ1v) is 5.72. The number of pyridine rings is 1. The average molecular weight is 252 g/mol. The predicted octanol–water partition coefficient (Wildman–Crippen LogP) is 0.400. The van der Waals surface area contributed by atoms with Gasteiger partial charge >= 0.3 is 5.97 Å². The SMILES string of the molecule is CCOC(=O)CN(CC)C(=O)c1cc[nH]c(=O)c1. The minimum Gasteiger partial charge on any atom is -0.465 e. The number of carbonyl (C=O) groups is 2. The van der Waals surface area contributed by atoms with Crippen molar-refractivity contribution in [3.63, 3.8) is 0 Å². The van der Waals surface area contributed by atoms with Gasteiger partial charge in [-0.15, -0.1) is 0 Å². The Morgan fingerprint density at radius 3 is 2.67 bits per heavy atom. The summed E-state index contributed by atoms with van der Waals surface area (Å²) < 4.78 is 4.78. The molecule has 0 aliphatic rings. The van der Waals surface area contributed by atoms with Gasteiger partial charge in [-0.05, 0) is 19.9 Å². The van der Waals surface area contributed by atoms with Crippen molar-refractivity contribution in [2.45, 2.75) is 13.8 Å². The Labute approximate surface area is 105 Å². The molecule has 1 N–H and O–H groups in total. The smallest absolute Gasteiger partial charge is 0.325 e. The van der Waals surface area contributed by atoms with Gasteiger partial charge in [-0.2, -0.15) is 0 Å². The van der Waals surface area contributed by atoms with E-state index in [4.69, 9.17) is 4.74 Å². The molecule has 0 spiro atoms. The monoisotopic (exact) mass is 252 g/mol. The standard InChI is InChI=1S/C12H16N2O4/c1-3-14(8-11(16)18-4-2)12(17)9-5-6-13-10(15)7-9/h5-7H,3-4,8H2,1-2H3,(H,13,15). The third-order valence-corrected chi connectivity index (χ3v) is 2.32. The van der Waals surface area contributed by atoms with E-state index in [1.807, 2.05) is 0 Å². The fraction of sp³-hybridized carbons (Fsp3) is 0.417. The molecule has 6 heteroatoms. The molecular weight excluding hydrogens is 236 g/mol. The van der Waals surface area contributed by atoms with Crippen LogP contribution in [0.5, 0.6) is 0 Å². The van der Waals surface area contributed by atoms with E-state index in [0.29, 0.717) is 6.54 Å². The highest BCUT2D eigenvalue weighted by Gasteiger charge is 2.18. The molecule has 0 aliphatic carbocycles. The lowest BCUT2D eigenvalue weighted by molar-refractivity contribution is -0.143. The molecule has 0 atom stereocenters. The molecular formula is C12H16N2O4. The number of H-pyrrole nitrogens is 1. The van der Waals surface area contributed by atoms with Crippen LogP contribution in [-0.4, -0.2) is 41.5 Å². The first kappa shape index (κ1) is 14.0. The van der Waals surface area contributed by atoms with Crippen molar-refractivity contribution in [3.05, 3.63) is 34.2 Å². The van der Waals surface area contributed by atoms with Crippen molar-refractivity contribution >= 4 is 11.9 Å². The van der Waals surface area contributed by atoms with E-state index in [0.717, 1.165) is 0 Å². The van der Waals surface area contributed by atoms with Gasteiger partial charge in [0.25, 0.3) is 5.91 Å². The van der Waals surface area contributed by atoms with Gasteiger partial charge in [-0.1, -0.05) is 0 Å². The van der Waals surface area contributed by atoms with E-state index in [1.165, 1.54) is 23.2 Å². The van der Waals surface area contributed by atoms with Crippen LogP contribution < -0.4 is 5.56 Å². The maximum Gasteiger partial charge on any atom is 0.325 e. The second-order valence-corrected chi connectivity index (χ2v) is 3.57. The molecule has 0 aromatic carbocycles. The second kappa shape index (κ2) is 6.58. The number of hydrogen-bond donors (Lipinski definition) is 1. The third kappa shape index (κ3) is 3.73. The fourth-order valence-corrected chi connectivity index (χ4v) is 1.45. The van der Waals surface area contributed by atoms with Gasteiger partial charge in [-0.3, -0.25) is 14.4 Å². The minimum absolute atomic E-state index is 0.115. The van der Waals surface area contributed by atoms with Gasteiger partial charge in [-0.25, -0.2) is 0 Å². The Balaban J connectivity index is 2.79. The number of esters is 1. The van der Waals surface area contributed by atoms with Gasteiger partial charge < -0.3 is 14.6 Å². The van der Waals surface area contributed by atoms with Crippen molar-refractivity contribution < 1.29 is 14.3 Å². The lowest BCUT2D eigenvalue weighted by Gasteiger charge is -2.19. The summed E-state index contributed by atoms with van der Waals surface area (Å²) in [5.41, 5.74) is -0.0991. The van der Waals surface area contributed by atoms with Crippen molar-refractivity contribution in [2.75, 3.05) is 19.7 Å². The zero-order valence-corrected chi connectivity index (χ0v) is 10.4. The van der Waals surface area contributed by atoms with Crippen LogP contribution in [0.3, 0.4) is 0 Å². The zero-order valence-electron chi connectivity index (χ0n) is 10.4. The first-order chi connectivity index (χ1) is 8.58. The third-order valence-electron chi connectivity index (χ3n) is 2.32. The Hall–Kier alpha value is -2.11. The summed E-state index contributed by atoms with van der Waals surface area (Å²) in [7, 11) is 0. The van der Waals surface area contributed by atoms with Crippen molar-refractivity contribution in [1.29, 1.82) is 0 Å². The predicted molar refractivity (Wildman–Crippen MR) is 65.3 cm³/mol. The lowest BCUT2D eigenvalue weighted by Crippen LogP contribution is -2.36. The van der Waals surface area contributed by atoms with Gasteiger partial charge in [0.2, 0.25) is 5.56 Å². The highest BCUT2D eigenvalue weighted by Crippen LogP contribution is 2.02. The molecule has 1 rings (SSSR count). The summed E-state index contributed by atoms with van der Waals surface area (Å²) in [5.74, 6) is -0.825. The number of carbonyl (C=O) groups excluding carboxylic acids is 2. The van der Waals surface area contributed by atoms with Crippen LogP contribution in [0.1, 0.15) is 24.2 Å². The first-order valence-electron chi connectivity index (χ1n) is 5.72. The zero-order chi connectivity index (χ0) is 13.5. The van der Waals surface area contributed by atoms with Gasteiger partial charge in [0.15, 0.2) is 0 Å². The molecule has 0 fully saturated rings. The van der Waals surface area contributed by atoms with Crippen LogP contribution in [0.2, 0.25) is 0 Å². The fourth-order valence-electron chi connectivity index (χ4n) is 1.45. The molecule has 18 heavy (non-hydrogen) atoms. The minimum atomic E-state index is -0.461. The summed E-state index contributed by atoms with van der Waals surface area (Å²) >= 11 is 0. The average Bonchev–Trinajstić information content (AvgIpc) is 2.35. The number of ether oxygens (including phenoxy) is 1. The molecule has 0 saturated heterocycles. The number of nitrogens with one attached hydrogen (secondary N) is 1. The number of aromatic nitrogens is 1. The molecule has 1 aromatic heterocycles. The summed E-state index contributed by atoms with van der Waals surface area (Å²) in [5, 5.41) is 0. The van der Waals surface area contributed by atoms with E-state index < -0.39 is 5.97 Å². The second-order valence-electron chi connectivity index (χ2n) is 3.57. The van der Waals surface area contributed by atoms with Crippen molar-refractivity contribution in [1.82, 2.24) is 9.88 Å². The lowest BCUT2D eigenvalue weighted by atomic mass is 10.2. The van der Waals surface area contributed by atoms with Crippen LogP contribution >= 0.6 is 0 Å². The molecule has 0 saturated carbocycles. The number of hydrogen-bond acceptors (Lipinski definition) is 4. The molecule has 0 aliphatic heterocycles. The summed E-state index contributed by atoms with van der Waals surface area (Å²) in [6, 6.07) is 2.70. The van der Waals surface area contributed by atoms with Crippen LogP contribution in [0.25, 0.3) is 0 Å². The highest BCUT2D eigenvalue weighted by molar-refractivity contribution is 5.95. The summed E-state index contributed by atoms with van der Waals surface area (Å²) in [6.45, 7) is 3.98. The normalized spacial score (nSPS) is 9.89. The largest absolute Gasteiger partial charge is 0.465 e. The molecule has 0 radical (unpaired) electrons. The number of likely N-dealkylation sites (N-methyl/N-ethyl adjacent to an activating group) is 1. The maximum absolute atomic E-state index is 12.0. The van der Waals surface area contributed by atoms with E-state index in [1.54, 1.807) is 13.8 Å². The Bertz CT molecular complexity index is 481. The number of rotatable bonds is 5. The van der Waals surface area contributed by atoms with E-state index in [2.05, 4.69) is 4.98 Å². The van der Waals surface area contributed by atoms with Crippen LogP contribution in [0, 0.1) is 0 Å². The Kier molecular flexibility index (Phi) is 5.10. The molecule has 1 aromatic rings. The molecule has 1 amide bonds. The Morgan fingerprint density at radius 2 is 2.11 bits per heavy atom. The molecule has 0 bridgehead atoms. The highest BCUT2D eigenvalue weighted by atomic mass is 16.5. The number of nitrogens with zero attached hydrogens (tertiary/aromatic N) is 1. The summed E-state index contributed by atoms with van der Waals surface area (Å²) in [4.78, 5) is 38.2. The van der Waals surface area contributed by atoms with E-state index >= 15 is 0 Å². The summed E-state index contributed by atoms with van der Waals surface area (Å²) in [6.07, 6.45) is 1.40. The molecule has 6 nitrogen and oxygen atoms in total. The van der Waals surface area contributed by atoms with E-state index in [9.17, 15) is 14.4 Å². The maximum atomic E-state index is 12.0. The van der Waals surface area contributed by atoms with Gasteiger partial charge in [0.1, 0.15) is 6.54 Å². The Morgan fingerprint density at radius 1 is 1.39 bits per heavy atom. The molecule has 1 heterocycles. The topological polar surface area (TPSA) is 79.5 Å². The van der Waals surface area contributed by atoms with Crippen LogP contribution in [0.4, 0.5) is 0 Å².